The molecule has 0 aromatic carbocycles. The van der Waals surface area contributed by atoms with Gasteiger partial charge < -0.3 is 14.7 Å². The quantitative estimate of drug-likeness (QED) is 0.445. The van der Waals surface area contributed by atoms with Crippen molar-refractivity contribution in [2.75, 3.05) is 19.6 Å². The molecule has 8 nitrogen and oxygen atoms in total. The average Bonchev–Trinajstić information content (AvgIpc) is 2.20. The molecule has 0 unspecified atom stereocenters. The Hall–Kier alpha value is -1.95. The smallest absolute Gasteiger partial charge is 0.410 e. The molecular weight excluding hydrogens is 240 g/mol. The molecule has 0 aromatic rings. The summed E-state index contributed by atoms with van der Waals surface area (Å²) in [7, 11) is 0. The van der Waals surface area contributed by atoms with E-state index in [0.29, 0.717) is 0 Å². The summed E-state index contributed by atoms with van der Waals surface area (Å²) in [5.74, 6) is -1.01. The molecule has 0 saturated heterocycles. The van der Waals surface area contributed by atoms with Crippen molar-refractivity contribution in [1.82, 2.24) is 4.90 Å². The van der Waals surface area contributed by atoms with E-state index in [9.17, 15) is 9.59 Å². The number of hydrogen-bond donors (Lipinski definition) is 1. The second-order valence-corrected chi connectivity index (χ2v) is 4.57. The second-order valence-electron chi connectivity index (χ2n) is 4.57. The minimum absolute atomic E-state index is 0.0190. The molecule has 0 atom stereocenters. The third-order valence-corrected chi connectivity index (χ3v) is 1.78. The summed E-state index contributed by atoms with van der Waals surface area (Å²) >= 11 is 0. The molecule has 0 aliphatic heterocycles. The Balaban J connectivity index is 4.47. The molecule has 0 aliphatic carbocycles. The summed E-state index contributed by atoms with van der Waals surface area (Å²) in [6, 6.07) is 0. The molecule has 0 aromatic heterocycles. The van der Waals surface area contributed by atoms with Gasteiger partial charge in [0.15, 0.2) is 0 Å². The summed E-state index contributed by atoms with van der Waals surface area (Å²) in [6.45, 7) is 5.38. The lowest BCUT2D eigenvalue weighted by atomic mass is 10.2. The molecule has 102 valence electrons. The normalized spacial score (nSPS) is 10.4. The largest absolute Gasteiger partial charge is 0.481 e. The average molecular weight is 258 g/mol. The summed E-state index contributed by atoms with van der Waals surface area (Å²) in [5, 5.41) is 11.9. The molecule has 0 bridgehead atoms. The highest BCUT2D eigenvalue weighted by Gasteiger charge is 2.22. The molecular formula is C10H18N4O4. The molecule has 0 fully saturated rings. The standard InChI is InChI=1S/C10H18N4O4/c1-10(2,3)18-9(17)14(6-4-8(15)16)7-5-12-13-11/h4-7H2,1-3H3,(H,15,16). The predicted octanol–water partition coefficient (Wildman–Crippen LogP) is 2.01. The zero-order valence-corrected chi connectivity index (χ0v) is 10.8. The van der Waals surface area contributed by atoms with E-state index in [-0.39, 0.29) is 26.1 Å². The summed E-state index contributed by atoms with van der Waals surface area (Å²) in [5.41, 5.74) is 7.50. The maximum Gasteiger partial charge on any atom is 0.410 e. The van der Waals surface area contributed by atoms with E-state index in [1.54, 1.807) is 20.8 Å². The van der Waals surface area contributed by atoms with Gasteiger partial charge in [-0.15, -0.1) is 0 Å². The van der Waals surface area contributed by atoms with Crippen LogP contribution in [0.5, 0.6) is 0 Å². The Morgan fingerprint density at radius 2 is 2.00 bits per heavy atom. The third kappa shape index (κ3) is 8.23. The van der Waals surface area contributed by atoms with Crippen molar-refractivity contribution in [3.63, 3.8) is 0 Å². The molecule has 1 amide bonds. The summed E-state index contributed by atoms with van der Waals surface area (Å²) in [6.07, 6.45) is -0.799. The number of hydrogen-bond acceptors (Lipinski definition) is 4. The van der Waals surface area contributed by atoms with E-state index in [2.05, 4.69) is 10.0 Å². The van der Waals surface area contributed by atoms with Crippen molar-refractivity contribution < 1.29 is 19.4 Å². The SMILES string of the molecule is CC(C)(C)OC(=O)N(CCN=[N+]=[N-])CCC(=O)O. The number of ether oxygens (including phenoxy) is 1. The number of aliphatic carboxylic acids is 1. The van der Waals surface area contributed by atoms with E-state index >= 15 is 0 Å². The van der Waals surface area contributed by atoms with Crippen LogP contribution >= 0.6 is 0 Å². The minimum Gasteiger partial charge on any atom is -0.481 e. The van der Waals surface area contributed by atoms with Gasteiger partial charge in [-0.25, -0.2) is 4.79 Å². The van der Waals surface area contributed by atoms with Gasteiger partial charge in [0.1, 0.15) is 5.60 Å². The molecule has 0 radical (unpaired) electrons. The Morgan fingerprint density at radius 3 is 2.44 bits per heavy atom. The lowest BCUT2D eigenvalue weighted by Gasteiger charge is -2.26. The molecule has 0 heterocycles. The lowest BCUT2D eigenvalue weighted by Crippen LogP contribution is -2.39. The van der Waals surface area contributed by atoms with Crippen molar-refractivity contribution in [1.29, 1.82) is 0 Å². The van der Waals surface area contributed by atoms with Gasteiger partial charge >= 0.3 is 12.1 Å². The predicted molar refractivity (Wildman–Crippen MR) is 64.1 cm³/mol. The molecule has 0 aliphatic rings. The van der Waals surface area contributed by atoms with Crippen LogP contribution in [0.1, 0.15) is 27.2 Å². The van der Waals surface area contributed by atoms with Crippen molar-refractivity contribution in [2.24, 2.45) is 5.11 Å². The van der Waals surface area contributed by atoms with Crippen LogP contribution in [0.3, 0.4) is 0 Å². The van der Waals surface area contributed by atoms with E-state index in [0.717, 1.165) is 0 Å². The number of carbonyl (C=O) groups excluding carboxylic acids is 1. The summed E-state index contributed by atoms with van der Waals surface area (Å²) in [4.78, 5) is 26.0. The number of azide groups is 1. The van der Waals surface area contributed by atoms with Crippen LogP contribution < -0.4 is 0 Å². The van der Waals surface area contributed by atoms with Gasteiger partial charge in [0.25, 0.3) is 0 Å². The maximum atomic E-state index is 11.7. The number of carboxylic acid groups (broad SMARTS) is 1. The van der Waals surface area contributed by atoms with E-state index in [4.69, 9.17) is 15.4 Å². The Bertz CT molecular complexity index is 338. The molecule has 0 saturated carbocycles. The molecule has 0 spiro atoms. The minimum atomic E-state index is -1.01. The van der Waals surface area contributed by atoms with Crippen molar-refractivity contribution in [3.8, 4) is 0 Å². The number of amides is 1. The Morgan fingerprint density at radius 1 is 1.39 bits per heavy atom. The summed E-state index contributed by atoms with van der Waals surface area (Å²) < 4.78 is 5.12. The van der Waals surface area contributed by atoms with Gasteiger partial charge in [0, 0.05) is 24.5 Å². The molecule has 18 heavy (non-hydrogen) atoms. The van der Waals surface area contributed by atoms with Crippen LogP contribution in [0.4, 0.5) is 4.79 Å². The van der Waals surface area contributed by atoms with Crippen molar-refractivity contribution in [3.05, 3.63) is 10.4 Å². The lowest BCUT2D eigenvalue weighted by molar-refractivity contribution is -0.137. The Labute approximate surface area is 105 Å². The monoisotopic (exact) mass is 258 g/mol. The highest BCUT2D eigenvalue weighted by atomic mass is 16.6. The zero-order chi connectivity index (χ0) is 14.2. The van der Waals surface area contributed by atoms with Gasteiger partial charge in [-0.05, 0) is 26.3 Å². The first kappa shape index (κ1) is 16.1. The first-order valence-corrected chi connectivity index (χ1v) is 5.47. The number of carboxylic acids is 1. The highest BCUT2D eigenvalue weighted by Crippen LogP contribution is 2.10. The Kier molecular flexibility index (Phi) is 6.59. The van der Waals surface area contributed by atoms with Gasteiger partial charge in [-0.1, -0.05) is 5.11 Å². The maximum absolute atomic E-state index is 11.7. The number of nitrogens with zero attached hydrogens (tertiary/aromatic N) is 4. The van der Waals surface area contributed by atoms with Crippen LogP contribution in [0.15, 0.2) is 5.11 Å². The van der Waals surface area contributed by atoms with Crippen LogP contribution in [0, 0.1) is 0 Å². The zero-order valence-electron chi connectivity index (χ0n) is 10.8. The van der Waals surface area contributed by atoms with Crippen LogP contribution in [0.25, 0.3) is 10.4 Å². The topological polar surface area (TPSA) is 116 Å². The van der Waals surface area contributed by atoms with Crippen molar-refractivity contribution >= 4 is 12.1 Å². The van der Waals surface area contributed by atoms with Gasteiger partial charge in [0.05, 0.1) is 6.42 Å². The highest BCUT2D eigenvalue weighted by molar-refractivity contribution is 5.70. The van der Waals surface area contributed by atoms with Crippen molar-refractivity contribution in [2.45, 2.75) is 32.8 Å². The molecule has 0 rings (SSSR count). The first-order chi connectivity index (χ1) is 8.26. The number of rotatable bonds is 6. The van der Waals surface area contributed by atoms with E-state index < -0.39 is 17.7 Å². The van der Waals surface area contributed by atoms with Crippen LogP contribution in [-0.2, 0) is 9.53 Å². The third-order valence-electron chi connectivity index (χ3n) is 1.78. The van der Waals surface area contributed by atoms with Crippen LogP contribution in [-0.4, -0.2) is 47.3 Å². The van der Waals surface area contributed by atoms with Gasteiger partial charge in [-0.2, -0.15) is 0 Å². The molecule has 8 heteroatoms. The fourth-order valence-electron chi connectivity index (χ4n) is 1.06. The van der Waals surface area contributed by atoms with Gasteiger partial charge in [0.2, 0.25) is 0 Å². The second kappa shape index (κ2) is 7.39. The first-order valence-electron chi connectivity index (χ1n) is 5.47. The number of carbonyl (C=O) groups is 2. The van der Waals surface area contributed by atoms with E-state index in [1.807, 2.05) is 0 Å². The molecule has 1 N–H and O–H groups in total. The van der Waals surface area contributed by atoms with Gasteiger partial charge in [-0.3, -0.25) is 4.79 Å². The van der Waals surface area contributed by atoms with E-state index in [1.165, 1.54) is 4.90 Å². The fourth-order valence-corrected chi connectivity index (χ4v) is 1.06. The fraction of sp³-hybridized carbons (Fsp3) is 0.800. The van der Waals surface area contributed by atoms with Crippen LogP contribution in [0.2, 0.25) is 0 Å².